The molecular weight excluding hydrogens is 282 g/mol. The van der Waals surface area contributed by atoms with E-state index in [9.17, 15) is 9.59 Å². The second-order valence-electron chi connectivity index (χ2n) is 5.71. The minimum absolute atomic E-state index is 0.1000. The molecule has 0 bridgehead atoms. The van der Waals surface area contributed by atoms with Crippen molar-refractivity contribution in [2.75, 3.05) is 13.7 Å². The number of rotatable bonds is 5. The Morgan fingerprint density at radius 2 is 1.95 bits per heavy atom. The number of hydrogen-bond acceptors (Lipinski definition) is 4. The number of carbonyl (C=O) groups excluding carboxylic acids is 2. The molecule has 5 heteroatoms. The predicted octanol–water partition coefficient (Wildman–Crippen LogP) is 2.55. The van der Waals surface area contributed by atoms with Gasteiger partial charge in [0.05, 0.1) is 7.11 Å². The SMILES string of the molecule is COC(=O)c1ccccc1OCC(=O)N[C@H]1CCCC[C@H]1C. The van der Waals surface area contributed by atoms with Crippen molar-refractivity contribution in [2.24, 2.45) is 5.92 Å². The van der Waals surface area contributed by atoms with Gasteiger partial charge >= 0.3 is 5.97 Å². The monoisotopic (exact) mass is 305 g/mol. The van der Waals surface area contributed by atoms with Gasteiger partial charge in [0.2, 0.25) is 0 Å². The Bertz CT molecular complexity index is 529. The summed E-state index contributed by atoms with van der Waals surface area (Å²) in [6, 6.07) is 6.97. The van der Waals surface area contributed by atoms with Gasteiger partial charge in [-0.1, -0.05) is 31.9 Å². The Labute approximate surface area is 131 Å². The molecule has 1 fully saturated rings. The molecule has 1 N–H and O–H groups in total. The standard InChI is InChI=1S/C17H23NO4/c1-12-7-3-5-9-14(12)18-16(19)11-22-15-10-6-4-8-13(15)17(20)21-2/h4,6,8,10,12,14H,3,5,7,9,11H2,1-2H3,(H,18,19)/t12-,14+/m1/s1. The Hall–Kier alpha value is -2.04. The number of carbonyl (C=O) groups is 2. The molecule has 1 aromatic rings. The first-order valence-electron chi connectivity index (χ1n) is 7.71. The third-order valence-corrected chi connectivity index (χ3v) is 4.11. The normalized spacial score (nSPS) is 21.0. The largest absolute Gasteiger partial charge is 0.483 e. The van der Waals surface area contributed by atoms with Crippen molar-refractivity contribution >= 4 is 11.9 Å². The molecule has 0 heterocycles. The fourth-order valence-corrected chi connectivity index (χ4v) is 2.79. The lowest BCUT2D eigenvalue weighted by Crippen LogP contribution is -2.43. The molecule has 1 aliphatic rings. The molecule has 0 aliphatic heterocycles. The Morgan fingerprint density at radius 1 is 1.23 bits per heavy atom. The van der Waals surface area contributed by atoms with E-state index in [0.717, 1.165) is 19.3 Å². The highest BCUT2D eigenvalue weighted by molar-refractivity contribution is 5.92. The van der Waals surface area contributed by atoms with Crippen LogP contribution in [-0.2, 0) is 9.53 Å². The molecule has 2 rings (SSSR count). The summed E-state index contributed by atoms with van der Waals surface area (Å²) < 4.78 is 10.2. The maximum atomic E-state index is 12.0. The first-order chi connectivity index (χ1) is 10.6. The molecule has 1 aromatic carbocycles. The van der Waals surface area contributed by atoms with E-state index in [1.54, 1.807) is 24.3 Å². The van der Waals surface area contributed by atoms with Crippen molar-refractivity contribution in [2.45, 2.75) is 38.6 Å². The molecular formula is C17H23NO4. The lowest BCUT2D eigenvalue weighted by atomic mass is 9.86. The molecule has 1 amide bonds. The van der Waals surface area contributed by atoms with Crippen LogP contribution in [0.25, 0.3) is 0 Å². The summed E-state index contributed by atoms with van der Waals surface area (Å²) in [7, 11) is 1.32. The van der Waals surface area contributed by atoms with Crippen LogP contribution in [0.5, 0.6) is 5.75 Å². The summed E-state index contributed by atoms with van der Waals surface area (Å²) >= 11 is 0. The van der Waals surface area contributed by atoms with E-state index in [-0.39, 0.29) is 18.6 Å². The summed E-state index contributed by atoms with van der Waals surface area (Å²) in [6.07, 6.45) is 4.56. The molecule has 0 aromatic heterocycles. The van der Waals surface area contributed by atoms with E-state index in [4.69, 9.17) is 9.47 Å². The van der Waals surface area contributed by atoms with Gasteiger partial charge in [-0.3, -0.25) is 4.79 Å². The second-order valence-corrected chi connectivity index (χ2v) is 5.71. The zero-order chi connectivity index (χ0) is 15.9. The minimum atomic E-state index is -0.475. The van der Waals surface area contributed by atoms with Crippen LogP contribution < -0.4 is 10.1 Å². The van der Waals surface area contributed by atoms with Gasteiger partial charge in [-0.25, -0.2) is 4.79 Å². The number of hydrogen-bond donors (Lipinski definition) is 1. The van der Waals surface area contributed by atoms with Crippen LogP contribution in [0.2, 0.25) is 0 Å². The maximum absolute atomic E-state index is 12.0. The topological polar surface area (TPSA) is 64.6 Å². The minimum Gasteiger partial charge on any atom is -0.483 e. The number of esters is 1. The molecule has 22 heavy (non-hydrogen) atoms. The van der Waals surface area contributed by atoms with Gasteiger partial charge in [0.1, 0.15) is 11.3 Å². The van der Waals surface area contributed by atoms with Gasteiger partial charge in [-0.05, 0) is 30.9 Å². The lowest BCUT2D eigenvalue weighted by molar-refractivity contribution is -0.124. The van der Waals surface area contributed by atoms with Gasteiger partial charge < -0.3 is 14.8 Å². The number of methoxy groups -OCH3 is 1. The van der Waals surface area contributed by atoms with Gasteiger partial charge in [0.25, 0.3) is 5.91 Å². The van der Waals surface area contributed by atoms with Gasteiger partial charge in [0, 0.05) is 6.04 Å². The molecule has 0 radical (unpaired) electrons. The molecule has 2 atom stereocenters. The molecule has 0 saturated heterocycles. The zero-order valence-electron chi connectivity index (χ0n) is 13.1. The van der Waals surface area contributed by atoms with Gasteiger partial charge in [0.15, 0.2) is 6.61 Å². The Kier molecular flexibility index (Phi) is 5.81. The van der Waals surface area contributed by atoms with Crippen molar-refractivity contribution in [3.05, 3.63) is 29.8 Å². The van der Waals surface area contributed by atoms with E-state index in [1.807, 2.05) is 0 Å². The third kappa shape index (κ3) is 4.23. The van der Waals surface area contributed by atoms with Crippen molar-refractivity contribution < 1.29 is 19.1 Å². The van der Waals surface area contributed by atoms with Crippen LogP contribution in [0, 0.1) is 5.92 Å². The van der Waals surface area contributed by atoms with Crippen molar-refractivity contribution in [3.63, 3.8) is 0 Å². The van der Waals surface area contributed by atoms with Crippen LogP contribution in [0.3, 0.4) is 0 Å². The molecule has 5 nitrogen and oxygen atoms in total. The highest BCUT2D eigenvalue weighted by Gasteiger charge is 2.23. The first-order valence-corrected chi connectivity index (χ1v) is 7.71. The van der Waals surface area contributed by atoms with E-state index in [0.29, 0.717) is 17.2 Å². The van der Waals surface area contributed by atoms with Gasteiger partial charge in [-0.2, -0.15) is 0 Å². The van der Waals surface area contributed by atoms with Crippen LogP contribution in [0.15, 0.2) is 24.3 Å². The third-order valence-electron chi connectivity index (χ3n) is 4.11. The molecule has 120 valence electrons. The highest BCUT2D eigenvalue weighted by atomic mass is 16.5. The van der Waals surface area contributed by atoms with E-state index in [2.05, 4.69) is 12.2 Å². The smallest absolute Gasteiger partial charge is 0.341 e. The summed E-state index contributed by atoms with van der Waals surface area (Å²) in [5.41, 5.74) is 0.323. The molecule has 1 saturated carbocycles. The number of para-hydroxylation sites is 1. The molecule has 1 aliphatic carbocycles. The Morgan fingerprint density at radius 3 is 2.68 bits per heavy atom. The summed E-state index contributed by atoms with van der Waals surface area (Å²) in [6.45, 7) is 2.06. The van der Waals surface area contributed by atoms with Crippen molar-refractivity contribution in [1.29, 1.82) is 0 Å². The predicted molar refractivity (Wildman–Crippen MR) is 82.8 cm³/mol. The van der Waals surface area contributed by atoms with Crippen LogP contribution in [0.4, 0.5) is 0 Å². The average molecular weight is 305 g/mol. The quantitative estimate of drug-likeness (QED) is 0.849. The Balaban J connectivity index is 1.90. The summed E-state index contributed by atoms with van der Waals surface area (Å²) in [5, 5.41) is 3.02. The molecule has 0 spiro atoms. The number of benzene rings is 1. The average Bonchev–Trinajstić information content (AvgIpc) is 2.54. The van der Waals surface area contributed by atoms with Crippen LogP contribution in [-0.4, -0.2) is 31.6 Å². The van der Waals surface area contributed by atoms with Crippen molar-refractivity contribution in [1.82, 2.24) is 5.32 Å². The van der Waals surface area contributed by atoms with Crippen LogP contribution in [0.1, 0.15) is 43.0 Å². The van der Waals surface area contributed by atoms with Crippen molar-refractivity contribution in [3.8, 4) is 5.75 Å². The first kappa shape index (κ1) is 16.3. The molecule has 0 unspecified atom stereocenters. The lowest BCUT2D eigenvalue weighted by Gasteiger charge is -2.29. The van der Waals surface area contributed by atoms with E-state index < -0.39 is 5.97 Å². The highest BCUT2D eigenvalue weighted by Crippen LogP contribution is 2.23. The number of nitrogens with one attached hydrogen (secondary N) is 1. The fraction of sp³-hybridized carbons (Fsp3) is 0.529. The number of amides is 1. The summed E-state index contributed by atoms with van der Waals surface area (Å²) in [4.78, 5) is 23.7. The maximum Gasteiger partial charge on any atom is 0.341 e. The van der Waals surface area contributed by atoms with E-state index >= 15 is 0 Å². The van der Waals surface area contributed by atoms with E-state index in [1.165, 1.54) is 13.5 Å². The fourth-order valence-electron chi connectivity index (χ4n) is 2.79. The summed E-state index contributed by atoms with van der Waals surface area (Å²) in [5.74, 6) is 0.233. The van der Waals surface area contributed by atoms with Crippen LogP contribution >= 0.6 is 0 Å². The van der Waals surface area contributed by atoms with Gasteiger partial charge in [-0.15, -0.1) is 0 Å². The second kappa shape index (κ2) is 7.82. The number of ether oxygens (including phenoxy) is 2. The zero-order valence-corrected chi connectivity index (χ0v) is 13.1.